The lowest BCUT2D eigenvalue weighted by Crippen LogP contribution is -2.17. The van der Waals surface area contributed by atoms with Gasteiger partial charge in [-0.15, -0.1) is 12.4 Å². The minimum Gasteiger partial charge on any atom is -0.324 e. The van der Waals surface area contributed by atoms with E-state index in [1.165, 1.54) is 51.4 Å². The monoisotopic (exact) mass is 261 g/mol. The maximum absolute atomic E-state index is 6.13. The van der Waals surface area contributed by atoms with Gasteiger partial charge in [-0.3, -0.25) is 0 Å². The topological polar surface area (TPSA) is 26.0 Å². The molecule has 0 fully saturated rings. The summed E-state index contributed by atoms with van der Waals surface area (Å²) in [6, 6.07) is 0.295. The molecule has 0 amide bonds. The lowest BCUT2D eigenvalue weighted by molar-refractivity contribution is 0.639. The molecule has 0 bridgehead atoms. The van der Waals surface area contributed by atoms with Gasteiger partial charge in [-0.05, 0) is 32.1 Å². The minimum atomic E-state index is 0. The van der Waals surface area contributed by atoms with Crippen LogP contribution in [-0.2, 0) is 0 Å². The van der Waals surface area contributed by atoms with Gasteiger partial charge >= 0.3 is 0 Å². The van der Waals surface area contributed by atoms with Gasteiger partial charge in [0, 0.05) is 6.04 Å². The van der Waals surface area contributed by atoms with Crippen LogP contribution in [0.2, 0.25) is 0 Å². The van der Waals surface area contributed by atoms with Gasteiger partial charge in [0.25, 0.3) is 0 Å². The summed E-state index contributed by atoms with van der Waals surface area (Å²) in [6.45, 7) is 6.74. The highest BCUT2D eigenvalue weighted by atomic mass is 35.5. The van der Waals surface area contributed by atoms with E-state index < -0.39 is 0 Å². The van der Waals surface area contributed by atoms with Gasteiger partial charge < -0.3 is 5.73 Å². The first kappa shape index (κ1) is 19.3. The summed E-state index contributed by atoms with van der Waals surface area (Å²) in [5, 5.41) is 0. The second kappa shape index (κ2) is 14.1. The molecule has 1 unspecified atom stereocenters. The van der Waals surface area contributed by atoms with E-state index in [0.29, 0.717) is 6.04 Å². The number of allylic oxidation sites excluding steroid dienone is 1. The smallest absolute Gasteiger partial charge is 0.0226 e. The highest BCUT2D eigenvalue weighted by Gasteiger charge is 2.02. The Kier molecular flexibility index (Phi) is 16.0. The Morgan fingerprint density at radius 1 is 0.941 bits per heavy atom. The van der Waals surface area contributed by atoms with Crippen molar-refractivity contribution >= 4 is 12.4 Å². The van der Waals surface area contributed by atoms with Crippen LogP contribution in [0.4, 0.5) is 0 Å². The number of hydrogen-bond donors (Lipinski definition) is 1. The highest BCUT2D eigenvalue weighted by Crippen LogP contribution is 2.16. The minimum absolute atomic E-state index is 0. The lowest BCUT2D eigenvalue weighted by Gasteiger charge is -2.11. The summed E-state index contributed by atoms with van der Waals surface area (Å²) in [6.07, 6.45) is 13.7. The summed E-state index contributed by atoms with van der Waals surface area (Å²) in [4.78, 5) is 0. The molecule has 2 heteroatoms. The molecular weight excluding hydrogens is 230 g/mol. The molecule has 0 rings (SSSR count). The maximum atomic E-state index is 6.13. The maximum Gasteiger partial charge on any atom is 0.0226 e. The van der Waals surface area contributed by atoms with E-state index in [2.05, 4.69) is 26.8 Å². The molecule has 104 valence electrons. The molecule has 0 aliphatic rings. The summed E-state index contributed by atoms with van der Waals surface area (Å²) in [5.41, 5.74) is 7.73. The largest absolute Gasteiger partial charge is 0.324 e. The van der Waals surface area contributed by atoms with Crippen molar-refractivity contribution in [3.05, 3.63) is 11.6 Å². The van der Waals surface area contributed by atoms with Crippen molar-refractivity contribution in [2.45, 2.75) is 84.6 Å². The van der Waals surface area contributed by atoms with Crippen LogP contribution in [0, 0.1) is 0 Å². The van der Waals surface area contributed by atoms with E-state index >= 15 is 0 Å². The summed E-state index contributed by atoms with van der Waals surface area (Å²) < 4.78 is 0. The van der Waals surface area contributed by atoms with Crippen LogP contribution in [0.5, 0.6) is 0 Å². The van der Waals surface area contributed by atoms with E-state index in [9.17, 15) is 0 Å². The molecule has 0 heterocycles. The zero-order valence-electron chi connectivity index (χ0n) is 12.0. The average Bonchev–Trinajstić information content (AvgIpc) is 2.30. The summed E-state index contributed by atoms with van der Waals surface area (Å²) >= 11 is 0. The van der Waals surface area contributed by atoms with Crippen LogP contribution in [0.15, 0.2) is 11.6 Å². The van der Waals surface area contributed by atoms with Crippen molar-refractivity contribution in [2.24, 2.45) is 5.73 Å². The third-order valence-electron chi connectivity index (χ3n) is 3.04. The zero-order chi connectivity index (χ0) is 12.2. The molecule has 0 aliphatic heterocycles. The normalized spacial score (nSPS) is 11.8. The van der Waals surface area contributed by atoms with E-state index in [1.807, 2.05) is 0 Å². The molecule has 0 saturated heterocycles. The zero-order valence-corrected chi connectivity index (χ0v) is 12.8. The second-order valence-electron chi connectivity index (χ2n) is 4.84. The molecule has 17 heavy (non-hydrogen) atoms. The molecule has 0 aliphatic carbocycles. The van der Waals surface area contributed by atoms with Gasteiger partial charge in [0.15, 0.2) is 0 Å². The fraction of sp³-hybridized carbons (Fsp3) is 0.867. The van der Waals surface area contributed by atoms with Crippen molar-refractivity contribution in [2.75, 3.05) is 0 Å². The van der Waals surface area contributed by atoms with Gasteiger partial charge in [0.1, 0.15) is 0 Å². The number of hydrogen-bond acceptors (Lipinski definition) is 1. The van der Waals surface area contributed by atoms with E-state index in [0.717, 1.165) is 6.42 Å². The Morgan fingerprint density at radius 2 is 1.41 bits per heavy atom. The molecule has 1 nitrogen and oxygen atoms in total. The van der Waals surface area contributed by atoms with Crippen LogP contribution < -0.4 is 5.73 Å². The second-order valence-corrected chi connectivity index (χ2v) is 4.84. The summed E-state index contributed by atoms with van der Waals surface area (Å²) in [7, 11) is 0. The van der Waals surface area contributed by atoms with Gasteiger partial charge in [-0.25, -0.2) is 0 Å². The molecule has 1 atom stereocenters. The van der Waals surface area contributed by atoms with Crippen LogP contribution >= 0.6 is 12.4 Å². The Hall–Kier alpha value is -0.0100. The SMILES string of the molecule is CCCCC(=CC(N)CCCC)CCCC.Cl. The van der Waals surface area contributed by atoms with Gasteiger partial charge in [0.2, 0.25) is 0 Å². The third kappa shape index (κ3) is 12.2. The molecule has 0 spiro atoms. The molecule has 0 aromatic rings. The predicted molar refractivity (Wildman–Crippen MR) is 81.9 cm³/mol. The average molecular weight is 262 g/mol. The van der Waals surface area contributed by atoms with E-state index in [4.69, 9.17) is 5.73 Å². The Labute approximate surface area is 115 Å². The summed E-state index contributed by atoms with van der Waals surface area (Å²) in [5.74, 6) is 0. The molecule has 0 saturated carbocycles. The van der Waals surface area contributed by atoms with E-state index in [1.54, 1.807) is 5.57 Å². The fourth-order valence-electron chi connectivity index (χ4n) is 1.93. The Bertz CT molecular complexity index is 168. The molecule has 2 N–H and O–H groups in total. The first-order chi connectivity index (χ1) is 7.74. The quantitative estimate of drug-likeness (QED) is 0.535. The van der Waals surface area contributed by atoms with Gasteiger partial charge in [-0.2, -0.15) is 0 Å². The van der Waals surface area contributed by atoms with Crippen molar-refractivity contribution in [1.82, 2.24) is 0 Å². The fourth-order valence-corrected chi connectivity index (χ4v) is 1.93. The molecular formula is C15H32ClN. The van der Waals surface area contributed by atoms with Crippen LogP contribution in [0.3, 0.4) is 0 Å². The van der Waals surface area contributed by atoms with Crippen molar-refractivity contribution in [1.29, 1.82) is 0 Å². The standard InChI is InChI=1S/C15H31N.ClH/c1-4-7-10-14(11-8-5-2)13-15(16)12-9-6-3;/h13,15H,4-12,16H2,1-3H3;1H. The van der Waals surface area contributed by atoms with Gasteiger partial charge in [-0.1, -0.05) is 58.1 Å². The first-order valence-corrected chi connectivity index (χ1v) is 7.19. The molecule has 0 aromatic carbocycles. The van der Waals surface area contributed by atoms with Crippen molar-refractivity contribution in [3.8, 4) is 0 Å². The van der Waals surface area contributed by atoms with Crippen LogP contribution in [0.1, 0.15) is 78.6 Å². The molecule has 0 aromatic heterocycles. The highest BCUT2D eigenvalue weighted by molar-refractivity contribution is 5.85. The lowest BCUT2D eigenvalue weighted by atomic mass is 9.99. The van der Waals surface area contributed by atoms with Gasteiger partial charge in [0.05, 0.1) is 0 Å². The van der Waals surface area contributed by atoms with Crippen molar-refractivity contribution < 1.29 is 0 Å². The Balaban J connectivity index is 0. The predicted octanol–water partition coefficient (Wildman–Crippen LogP) is 5.23. The van der Waals surface area contributed by atoms with Crippen LogP contribution in [0.25, 0.3) is 0 Å². The van der Waals surface area contributed by atoms with Crippen molar-refractivity contribution in [3.63, 3.8) is 0 Å². The first-order valence-electron chi connectivity index (χ1n) is 7.19. The number of nitrogens with two attached hydrogens (primary N) is 1. The number of unbranched alkanes of at least 4 members (excludes halogenated alkanes) is 3. The molecule has 0 radical (unpaired) electrons. The number of halogens is 1. The third-order valence-corrected chi connectivity index (χ3v) is 3.04. The van der Waals surface area contributed by atoms with E-state index in [-0.39, 0.29) is 12.4 Å². The number of rotatable bonds is 10. The Morgan fingerprint density at radius 3 is 1.82 bits per heavy atom. The van der Waals surface area contributed by atoms with Crippen LogP contribution in [-0.4, -0.2) is 6.04 Å².